The Morgan fingerprint density at radius 1 is 0.583 bits per heavy atom. The Hall–Kier alpha value is 1.12. The van der Waals surface area contributed by atoms with Crippen molar-refractivity contribution in [1.82, 2.24) is 0 Å². The van der Waals surface area contributed by atoms with Crippen LogP contribution < -0.4 is 18.9 Å². The smallest absolute Gasteiger partial charge is 0.474 e. The van der Waals surface area contributed by atoms with E-state index >= 15 is 0 Å². The van der Waals surface area contributed by atoms with E-state index in [-0.39, 0.29) is 35.9 Å². The zero-order chi connectivity index (χ0) is 7.07. The largest absolute Gasteiger partial charge is 2.00 e. The number of hydrogen-bond donors (Lipinski definition) is 0. The molecule has 0 aromatic rings. The van der Waals surface area contributed by atoms with Crippen molar-refractivity contribution in [1.29, 1.82) is 0 Å². The fourth-order valence-electron chi connectivity index (χ4n) is 0.599. The van der Waals surface area contributed by atoms with Crippen molar-refractivity contribution < 1.29 is 35.9 Å². The van der Waals surface area contributed by atoms with Crippen LogP contribution >= 0.6 is 0 Å². The van der Waals surface area contributed by atoms with Crippen LogP contribution in [0.5, 0.6) is 0 Å². The van der Waals surface area contributed by atoms with Gasteiger partial charge in [-0.2, -0.15) is 0 Å². The second-order valence-corrected chi connectivity index (χ2v) is 1.85. The summed E-state index contributed by atoms with van der Waals surface area (Å²) in [7, 11) is 0. The predicted molar refractivity (Wildman–Crippen MR) is 41.9 cm³/mol. The molecule has 0 bridgehead atoms. The Bertz CT molecular complexity index is 43.0. The van der Waals surface area contributed by atoms with Crippen molar-refractivity contribution >= 4 is 0 Å². The van der Waals surface area contributed by atoms with Crippen LogP contribution in [-0.4, -0.2) is 0 Å². The van der Waals surface area contributed by atoms with Crippen LogP contribution in [0.2, 0.25) is 0 Å². The molecule has 2 heteroatoms. The van der Waals surface area contributed by atoms with Crippen LogP contribution in [0.3, 0.4) is 0 Å². The quantitative estimate of drug-likeness (QED) is 0.338. The van der Waals surface area contributed by atoms with Crippen molar-refractivity contribution in [3.8, 4) is 0 Å². The molecule has 2 saturated carbocycles. The Balaban J connectivity index is 0. The van der Waals surface area contributed by atoms with Gasteiger partial charge in [0.1, 0.15) is 0 Å². The topological polar surface area (TPSA) is 0 Å². The summed E-state index contributed by atoms with van der Waals surface area (Å²) in [6.45, 7) is 0. The van der Waals surface area contributed by atoms with Crippen molar-refractivity contribution in [3.05, 3.63) is 64.2 Å². The van der Waals surface area contributed by atoms with Crippen LogP contribution in [0.1, 0.15) is 0 Å². The molecule has 0 saturated heterocycles. The maximum Gasteiger partial charge on any atom is 2.00 e. The van der Waals surface area contributed by atoms with Gasteiger partial charge in [0.15, 0.2) is 0 Å². The molecule has 10 radical (unpaired) electrons. The van der Waals surface area contributed by atoms with Gasteiger partial charge >= 0.3 is 35.9 Å². The Morgan fingerprint density at radius 2 is 0.917 bits per heavy atom. The average molecular weight is 192 g/mol. The Labute approximate surface area is 99.9 Å². The first kappa shape index (κ1) is 15.6. The molecular weight excluding hydrogens is 183 g/mol. The first-order valence-electron chi connectivity index (χ1n) is 3.24. The van der Waals surface area contributed by atoms with Gasteiger partial charge in [-0.15, -0.1) is 0 Å². The fourth-order valence-corrected chi connectivity index (χ4v) is 0.599. The van der Waals surface area contributed by atoms with E-state index in [1.807, 2.05) is 57.8 Å². The fraction of sp³-hybridized carbons (Fsp3) is 0. The van der Waals surface area contributed by atoms with Crippen molar-refractivity contribution in [2.75, 3.05) is 0 Å². The van der Waals surface area contributed by atoms with Crippen LogP contribution in [0.25, 0.3) is 0 Å². The van der Waals surface area contributed by atoms with Gasteiger partial charge in [-0.3, -0.25) is 0 Å². The summed E-state index contributed by atoms with van der Waals surface area (Å²) in [4.78, 5) is 0. The molecule has 0 unspecified atom stereocenters. The van der Waals surface area contributed by atoms with Gasteiger partial charge in [-0.1, -0.05) is 12.8 Å². The van der Waals surface area contributed by atoms with E-state index in [0.717, 1.165) is 0 Å². The second kappa shape index (κ2) is 12.1. The number of hydrogen-bond acceptors (Lipinski definition) is 0. The monoisotopic (exact) mass is 192 g/mol. The van der Waals surface area contributed by atoms with Crippen LogP contribution in [0, 0.1) is 64.2 Å². The zero-order valence-electron chi connectivity index (χ0n) is 7.05. The average Bonchev–Trinajstić information content (AvgIpc) is 2.67. The summed E-state index contributed by atoms with van der Waals surface area (Å²) in [6, 6.07) is 0. The first-order chi connectivity index (χ1) is 5.00. The van der Waals surface area contributed by atoms with Crippen LogP contribution in [-0.2, 0) is 17.1 Å². The van der Waals surface area contributed by atoms with E-state index in [4.69, 9.17) is 0 Å². The van der Waals surface area contributed by atoms with Gasteiger partial charge in [-0.25, -0.2) is 12.8 Å². The van der Waals surface area contributed by atoms with Crippen LogP contribution in [0.4, 0.5) is 0 Å². The van der Waals surface area contributed by atoms with Gasteiger partial charge in [0.25, 0.3) is 0 Å². The molecule has 2 fully saturated rings. The summed E-state index contributed by atoms with van der Waals surface area (Å²) in [5.74, 6) is 0. The molecular formula is C10H9FeLi+2. The third-order valence-electron chi connectivity index (χ3n) is 1.05. The third-order valence-corrected chi connectivity index (χ3v) is 1.05. The van der Waals surface area contributed by atoms with E-state index in [1.54, 1.807) is 0 Å². The minimum atomic E-state index is 0. The third kappa shape index (κ3) is 9.21. The standard InChI is InChI=1S/C5H5.C5H4.Fe.Li/c2*1-2-4-5-3-1;;/h1-5H;1-4H;;/q;-1;+2;+1. The molecule has 2 aliphatic carbocycles. The normalized spacial score (nSPS) is 20.0. The summed E-state index contributed by atoms with van der Waals surface area (Å²) < 4.78 is 0. The van der Waals surface area contributed by atoms with Gasteiger partial charge in [0.2, 0.25) is 0 Å². The maximum atomic E-state index is 2.86. The molecule has 0 spiro atoms. The van der Waals surface area contributed by atoms with Crippen molar-refractivity contribution in [2.45, 2.75) is 0 Å². The van der Waals surface area contributed by atoms with Crippen LogP contribution in [0.15, 0.2) is 0 Å². The minimum Gasteiger partial charge on any atom is -0.474 e. The molecule has 2 rings (SSSR count). The molecule has 0 amide bonds. The molecule has 0 heterocycles. The van der Waals surface area contributed by atoms with Crippen molar-refractivity contribution in [3.63, 3.8) is 0 Å². The van der Waals surface area contributed by atoms with Gasteiger partial charge in [0, 0.05) is 0 Å². The van der Waals surface area contributed by atoms with E-state index in [1.165, 1.54) is 0 Å². The van der Waals surface area contributed by atoms with E-state index in [9.17, 15) is 0 Å². The molecule has 0 nitrogen and oxygen atoms in total. The van der Waals surface area contributed by atoms with Gasteiger partial charge < -0.3 is 6.42 Å². The molecule has 12 heavy (non-hydrogen) atoms. The molecule has 0 aliphatic heterocycles. The predicted octanol–water partition coefficient (Wildman–Crippen LogP) is -1.08. The summed E-state index contributed by atoms with van der Waals surface area (Å²) in [5, 5.41) is 0. The van der Waals surface area contributed by atoms with Gasteiger partial charge in [0.05, 0.1) is 0 Å². The molecule has 0 aromatic heterocycles. The molecule has 0 N–H and O–H groups in total. The minimum absolute atomic E-state index is 0. The molecule has 56 valence electrons. The second-order valence-electron chi connectivity index (χ2n) is 1.85. The zero-order valence-corrected chi connectivity index (χ0v) is 8.15. The first-order valence-corrected chi connectivity index (χ1v) is 3.24. The van der Waals surface area contributed by atoms with E-state index in [0.29, 0.717) is 0 Å². The summed E-state index contributed by atoms with van der Waals surface area (Å²) in [6.07, 6.45) is 20.5. The molecule has 2 aliphatic rings. The Morgan fingerprint density at radius 3 is 1.08 bits per heavy atom. The molecule has 0 aromatic carbocycles. The number of rotatable bonds is 0. The summed E-state index contributed by atoms with van der Waals surface area (Å²) in [5.41, 5.74) is 0. The SMILES string of the molecule is [C-]1[CH][CH][CH][CH]1.[CH]1[CH][CH][CH][CH]1.[Fe+2].[Li+]. The maximum absolute atomic E-state index is 2.86. The molecule has 0 atom stereocenters. The van der Waals surface area contributed by atoms with Crippen molar-refractivity contribution in [2.24, 2.45) is 0 Å². The van der Waals surface area contributed by atoms with Gasteiger partial charge in [-0.05, 0) is 32.1 Å². The Kier molecular flexibility index (Phi) is 15.7. The van der Waals surface area contributed by atoms with E-state index < -0.39 is 0 Å². The summed E-state index contributed by atoms with van der Waals surface area (Å²) >= 11 is 0. The van der Waals surface area contributed by atoms with E-state index in [2.05, 4.69) is 6.42 Å².